The van der Waals surface area contributed by atoms with Crippen molar-refractivity contribution in [2.24, 2.45) is 0 Å². The van der Waals surface area contributed by atoms with E-state index in [0.29, 0.717) is 6.54 Å². The van der Waals surface area contributed by atoms with Gasteiger partial charge in [0.05, 0.1) is 13.0 Å². The van der Waals surface area contributed by atoms with E-state index in [0.717, 1.165) is 10.4 Å². The van der Waals surface area contributed by atoms with Gasteiger partial charge in [0.15, 0.2) is 0 Å². The molecule has 110 valence electrons. The molecule has 0 aliphatic rings. The summed E-state index contributed by atoms with van der Waals surface area (Å²) in [7, 11) is 0. The van der Waals surface area contributed by atoms with Gasteiger partial charge in [-0.25, -0.2) is 4.39 Å². The third-order valence-corrected chi connectivity index (χ3v) is 3.64. The number of rotatable bonds is 6. The second-order valence-corrected chi connectivity index (χ2v) is 5.47. The van der Waals surface area contributed by atoms with Crippen molar-refractivity contribution in [1.82, 2.24) is 10.6 Å². The van der Waals surface area contributed by atoms with Crippen LogP contribution < -0.4 is 10.6 Å². The SMILES string of the molecule is O=C(CNC(=O)Cc1cccs1)NCc1ccc(F)cc1. The summed E-state index contributed by atoms with van der Waals surface area (Å²) in [6, 6.07) is 9.63. The summed E-state index contributed by atoms with van der Waals surface area (Å²) < 4.78 is 12.7. The molecule has 0 unspecified atom stereocenters. The standard InChI is InChI=1S/C15H15FN2O2S/c16-12-5-3-11(4-6-12)9-17-15(20)10-18-14(19)8-13-2-1-7-21-13/h1-7H,8-10H2,(H,17,20)(H,18,19). The van der Waals surface area contributed by atoms with Crippen molar-refractivity contribution >= 4 is 23.2 Å². The normalized spacial score (nSPS) is 10.1. The Kier molecular flexibility index (Phi) is 5.45. The van der Waals surface area contributed by atoms with Crippen molar-refractivity contribution in [1.29, 1.82) is 0 Å². The van der Waals surface area contributed by atoms with Gasteiger partial charge < -0.3 is 10.6 Å². The van der Waals surface area contributed by atoms with Gasteiger partial charge in [0.25, 0.3) is 0 Å². The first-order valence-corrected chi connectivity index (χ1v) is 7.31. The van der Waals surface area contributed by atoms with Gasteiger partial charge in [-0.15, -0.1) is 11.3 Å². The number of halogens is 1. The number of hydrogen-bond donors (Lipinski definition) is 2. The van der Waals surface area contributed by atoms with Crippen LogP contribution in [0.5, 0.6) is 0 Å². The number of nitrogens with one attached hydrogen (secondary N) is 2. The Balaban J connectivity index is 1.67. The maximum atomic E-state index is 12.7. The lowest BCUT2D eigenvalue weighted by Gasteiger charge is -2.06. The number of benzene rings is 1. The van der Waals surface area contributed by atoms with Gasteiger partial charge in [-0.3, -0.25) is 9.59 Å². The molecule has 2 amide bonds. The zero-order valence-electron chi connectivity index (χ0n) is 11.3. The Morgan fingerprint density at radius 2 is 1.81 bits per heavy atom. The van der Waals surface area contributed by atoms with Gasteiger partial charge in [0, 0.05) is 11.4 Å². The van der Waals surface area contributed by atoms with Gasteiger partial charge >= 0.3 is 0 Å². The van der Waals surface area contributed by atoms with E-state index < -0.39 is 0 Å². The van der Waals surface area contributed by atoms with Gasteiger partial charge in [0.1, 0.15) is 5.82 Å². The molecule has 6 heteroatoms. The minimum Gasteiger partial charge on any atom is -0.350 e. The molecule has 2 N–H and O–H groups in total. The van der Waals surface area contributed by atoms with Crippen LogP contribution in [0.4, 0.5) is 4.39 Å². The van der Waals surface area contributed by atoms with E-state index in [-0.39, 0.29) is 30.6 Å². The van der Waals surface area contributed by atoms with Crippen molar-refractivity contribution < 1.29 is 14.0 Å². The summed E-state index contributed by atoms with van der Waals surface area (Å²) in [5, 5.41) is 7.12. The van der Waals surface area contributed by atoms with Crippen LogP contribution in [0, 0.1) is 5.82 Å². The Bertz CT molecular complexity index is 597. The minimum absolute atomic E-state index is 0.0641. The molecule has 0 saturated heterocycles. The quantitative estimate of drug-likeness (QED) is 0.856. The van der Waals surface area contributed by atoms with Crippen molar-refractivity contribution in [3.05, 3.63) is 58.0 Å². The molecule has 1 aromatic carbocycles. The van der Waals surface area contributed by atoms with Crippen LogP contribution in [-0.4, -0.2) is 18.4 Å². The molecule has 0 aliphatic heterocycles. The molecule has 0 fully saturated rings. The van der Waals surface area contributed by atoms with Crippen LogP contribution in [0.15, 0.2) is 41.8 Å². The van der Waals surface area contributed by atoms with E-state index in [1.165, 1.54) is 23.5 Å². The van der Waals surface area contributed by atoms with Gasteiger partial charge in [-0.2, -0.15) is 0 Å². The van der Waals surface area contributed by atoms with Crippen LogP contribution in [0.25, 0.3) is 0 Å². The van der Waals surface area contributed by atoms with Crippen LogP contribution in [0.3, 0.4) is 0 Å². The zero-order valence-corrected chi connectivity index (χ0v) is 12.1. The van der Waals surface area contributed by atoms with Crippen molar-refractivity contribution in [2.75, 3.05) is 6.54 Å². The highest BCUT2D eigenvalue weighted by Crippen LogP contribution is 2.08. The number of thiophene rings is 1. The van der Waals surface area contributed by atoms with Gasteiger partial charge in [0.2, 0.25) is 11.8 Å². The Morgan fingerprint density at radius 1 is 1.05 bits per heavy atom. The molecule has 0 spiro atoms. The molecule has 0 saturated carbocycles. The first-order chi connectivity index (χ1) is 10.1. The summed E-state index contributed by atoms with van der Waals surface area (Å²) >= 11 is 1.50. The Hall–Kier alpha value is -2.21. The van der Waals surface area contributed by atoms with Crippen LogP contribution >= 0.6 is 11.3 Å². The topological polar surface area (TPSA) is 58.2 Å². The third kappa shape index (κ3) is 5.35. The maximum Gasteiger partial charge on any atom is 0.239 e. The van der Waals surface area contributed by atoms with Gasteiger partial charge in [-0.05, 0) is 29.1 Å². The smallest absolute Gasteiger partial charge is 0.239 e. The van der Waals surface area contributed by atoms with Crippen LogP contribution in [0.1, 0.15) is 10.4 Å². The van der Waals surface area contributed by atoms with E-state index >= 15 is 0 Å². The lowest BCUT2D eigenvalue weighted by molar-refractivity contribution is -0.125. The molecule has 0 radical (unpaired) electrons. The molecule has 0 aliphatic carbocycles. The number of carbonyl (C=O) groups is 2. The number of carbonyl (C=O) groups excluding carboxylic acids is 2. The fraction of sp³-hybridized carbons (Fsp3) is 0.200. The average molecular weight is 306 g/mol. The summed E-state index contributed by atoms with van der Waals surface area (Å²) in [5.74, 6) is -0.779. The summed E-state index contributed by atoms with van der Waals surface area (Å²) in [6.45, 7) is 0.241. The number of hydrogen-bond acceptors (Lipinski definition) is 3. The van der Waals surface area contributed by atoms with E-state index in [2.05, 4.69) is 10.6 Å². The first kappa shape index (κ1) is 15.2. The summed E-state index contributed by atoms with van der Waals surface area (Å²) in [5.41, 5.74) is 0.801. The maximum absolute atomic E-state index is 12.7. The van der Waals surface area contributed by atoms with E-state index in [1.54, 1.807) is 12.1 Å². The molecule has 2 rings (SSSR count). The molecule has 1 aromatic heterocycles. The molecule has 2 aromatic rings. The largest absolute Gasteiger partial charge is 0.350 e. The Morgan fingerprint density at radius 3 is 2.48 bits per heavy atom. The van der Waals surface area contributed by atoms with Crippen molar-refractivity contribution in [2.45, 2.75) is 13.0 Å². The lowest BCUT2D eigenvalue weighted by Crippen LogP contribution is -2.37. The predicted molar refractivity (Wildman–Crippen MR) is 79.3 cm³/mol. The van der Waals surface area contributed by atoms with Crippen LogP contribution in [0.2, 0.25) is 0 Å². The van der Waals surface area contributed by atoms with Crippen molar-refractivity contribution in [3.8, 4) is 0 Å². The fourth-order valence-electron chi connectivity index (χ4n) is 1.68. The van der Waals surface area contributed by atoms with E-state index in [9.17, 15) is 14.0 Å². The molecule has 1 heterocycles. The molecule has 0 atom stereocenters. The fourth-order valence-corrected chi connectivity index (χ4v) is 2.38. The molecular formula is C15H15FN2O2S. The van der Waals surface area contributed by atoms with E-state index in [4.69, 9.17) is 0 Å². The summed E-state index contributed by atoms with van der Waals surface area (Å²) in [4.78, 5) is 24.2. The monoisotopic (exact) mass is 306 g/mol. The lowest BCUT2D eigenvalue weighted by atomic mass is 10.2. The molecule has 0 bridgehead atoms. The second-order valence-electron chi connectivity index (χ2n) is 4.44. The molecular weight excluding hydrogens is 291 g/mol. The molecule has 21 heavy (non-hydrogen) atoms. The first-order valence-electron chi connectivity index (χ1n) is 6.44. The number of amides is 2. The predicted octanol–water partition coefficient (Wildman–Crippen LogP) is 1.86. The highest BCUT2D eigenvalue weighted by molar-refractivity contribution is 7.10. The summed E-state index contributed by atoms with van der Waals surface area (Å²) in [6.07, 6.45) is 0.281. The van der Waals surface area contributed by atoms with Gasteiger partial charge in [-0.1, -0.05) is 18.2 Å². The molecule has 4 nitrogen and oxygen atoms in total. The van der Waals surface area contributed by atoms with Crippen LogP contribution in [-0.2, 0) is 22.6 Å². The van der Waals surface area contributed by atoms with E-state index in [1.807, 2.05) is 17.5 Å². The minimum atomic E-state index is -0.314. The average Bonchev–Trinajstić information content (AvgIpc) is 2.97. The highest BCUT2D eigenvalue weighted by atomic mass is 32.1. The van der Waals surface area contributed by atoms with Crippen molar-refractivity contribution in [3.63, 3.8) is 0 Å². The highest BCUT2D eigenvalue weighted by Gasteiger charge is 2.07. The Labute approximate surface area is 126 Å². The third-order valence-electron chi connectivity index (χ3n) is 2.76. The zero-order chi connectivity index (χ0) is 15.1. The second kappa shape index (κ2) is 7.54.